The van der Waals surface area contributed by atoms with Crippen molar-refractivity contribution in [3.63, 3.8) is 0 Å². The highest BCUT2D eigenvalue weighted by Crippen LogP contribution is 2.50. The lowest BCUT2D eigenvalue weighted by Gasteiger charge is -2.44. The highest BCUT2D eigenvalue weighted by atomic mass is 19.3. The second kappa shape index (κ2) is 7.04. The maximum absolute atomic E-state index is 14.6. The number of pyridine rings is 1. The molecule has 0 bridgehead atoms. The Hall–Kier alpha value is -2.57. The van der Waals surface area contributed by atoms with Gasteiger partial charge in [-0.2, -0.15) is 5.26 Å². The Kier molecular flexibility index (Phi) is 4.79. The van der Waals surface area contributed by atoms with Crippen LogP contribution in [0.15, 0.2) is 0 Å². The van der Waals surface area contributed by atoms with Gasteiger partial charge in [-0.05, 0) is 12.8 Å². The molecule has 156 valence electrons. The van der Waals surface area contributed by atoms with Gasteiger partial charge in [0.1, 0.15) is 23.3 Å². The number of ether oxygens (including phenoxy) is 1. The predicted octanol–water partition coefficient (Wildman–Crippen LogP) is 2.83. The molecule has 0 spiro atoms. The van der Waals surface area contributed by atoms with Gasteiger partial charge in [-0.15, -0.1) is 0 Å². The van der Waals surface area contributed by atoms with Crippen molar-refractivity contribution in [2.24, 2.45) is 5.92 Å². The first kappa shape index (κ1) is 19.7. The van der Waals surface area contributed by atoms with Gasteiger partial charge in [-0.1, -0.05) is 0 Å². The van der Waals surface area contributed by atoms with Crippen LogP contribution >= 0.6 is 0 Å². The molecule has 3 aliphatic rings. The van der Waals surface area contributed by atoms with E-state index >= 15 is 0 Å². The number of halogens is 4. The van der Waals surface area contributed by atoms with Gasteiger partial charge in [0.2, 0.25) is 0 Å². The molecule has 0 aromatic carbocycles. The molecule has 0 N–H and O–H groups in total. The van der Waals surface area contributed by atoms with Gasteiger partial charge in [0.15, 0.2) is 0 Å². The van der Waals surface area contributed by atoms with Crippen LogP contribution in [0, 0.1) is 17.2 Å². The molecule has 2 saturated heterocycles. The highest BCUT2D eigenvalue weighted by Gasteiger charge is 2.48. The van der Waals surface area contributed by atoms with Gasteiger partial charge in [0, 0.05) is 43.1 Å². The number of fused-ring (bicyclic) bond motifs is 1. The first-order valence-electron chi connectivity index (χ1n) is 9.48. The summed E-state index contributed by atoms with van der Waals surface area (Å²) < 4.78 is 60.5. The quantitative estimate of drug-likeness (QED) is 0.547. The third kappa shape index (κ3) is 3.16. The highest BCUT2D eigenvalue weighted by molar-refractivity contribution is 5.72. The molecule has 10 heteroatoms. The van der Waals surface area contributed by atoms with E-state index in [1.807, 2.05) is 0 Å². The number of hydrogen-bond donors (Lipinski definition) is 0. The third-order valence-electron chi connectivity index (χ3n) is 5.99. The molecular weight excluding hydrogens is 392 g/mol. The molecule has 2 aliphatic heterocycles. The summed E-state index contributed by atoms with van der Waals surface area (Å²) in [5, 5.41) is 9.57. The first-order valence-corrected chi connectivity index (χ1v) is 9.48. The van der Waals surface area contributed by atoms with Gasteiger partial charge in [-0.3, -0.25) is 4.79 Å². The number of anilines is 2. The molecule has 0 radical (unpaired) electrons. The largest absolute Gasteiger partial charge is 0.469 e. The third-order valence-corrected chi connectivity index (χ3v) is 5.99. The summed E-state index contributed by atoms with van der Waals surface area (Å²) in [7, 11) is 1.30. The molecule has 0 saturated carbocycles. The Bertz CT molecular complexity index is 880. The summed E-state index contributed by atoms with van der Waals surface area (Å²) in [4.78, 5) is 18.9. The lowest BCUT2D eigenvalue weighted by Crippen LogP contribution is -2.53. The summed E-state index contributed by atoms with van der Waals surface area (Å²) in [5.74, 6) is -3.31. The number of esters is 1. The van der Waals surface area contributed by atoms with E-state index in [9.17, 15) is 27.6 Å². The fourth-order valence-electron chi connectivity index (χ4n) is 4.34. The Labute approximate surface area is 165 Å². The molecule has 4 rings (SSSR count). The van der Waals surface area contributed by atoms with E-state index in [1.165, 1.54) is 12.0 Å². The Morgan fingerprint density at radius 1 is 1.38 bits per heavy atom. The number of carbonyl (C=O) groups is 1. The van der Waals surface area contributed by atoms with Crippen LogP contribution in [-0.2, 0) is 21.9 Å². The summed E-state index contributed by atoms with van der Waals surface area (Å²) in [5.41, 5.74) is -0.375. The van der Waals surface area contributed by atoms with Crippen molar-refractivity contribution in [2.75, 3.05) is 36.5 Å². The molecule has 1 aliphatic carbocycles. The Morgan fingerprint density at radius 2 is 2.10 bits per heavy atom. The van der Waals surface area contributed by atoms with Crippen molar-refractivity contribution in [1.29, 1.82) is 5.26 Å². The van der Waals surface area contributed by atoms with E-state index in [-0.39, 0.29) is 54.6 Å². The maximum atomic E-state index is 14.6. The zero-order chi connectivity index (χ0) is 20.9. The van der Waals surface area contributed by atoms with Crippen LogP contribution < -0.4 is 9.80 Å². The second-order valence-corrected chi connectivity index (χ2v) is 7.74. The smallest absolute Gasteiger partial charge is 0.305 e. The lowest BCUT2D eigenvalue weighted by atomic mass is 9.94. The average Bonchev–Trinajstić information content (AvgIpc) is 2.91. The molecule has 1 atom stereocenters. The molecule has 1 aromatic heterocycles. The van der Waals surface area contributed by atoms with E-state index in [0.29, 0.717) is 24.5 Å². The Balaban J connectivity index is 1.72. The van der Waals surface area contributed by atoms with E-state index < -0.39 is 24.8 Å². The fraction of sp³-hybridized carbons (Fsp3) is 0.632. The lowest BCUT2D eigenvalue weighted by molar-refractivity contribution is -0.141. The number of alkyl halides is 4. The molecule has 6 nitrogen and oxygen atoms in total. The number of hydrogen-bond acceptors (Lipinski definition) is 6. The topological polar surface area (TPSA) is 69.5 Å². The summed E-state index contributed by atoms with van der Waals surface area (Å²) in [6.07, 6.45) is -2.59. The average molecular weight is 412 g/mol. The van der Waals surface area contributed by atoms with Crippen molar-refractivity contribution >= 4 is 17.6 Å². The molecule has 2 fully saturated rings. The van der Waals surface area contributed by atoms with Crippen LogP contribution in [0.3, 0.4) is 0 Å². The minimum atomic E-state index is -3.20. The molecule has 0 unspecified atom stereocenters. The monoisotopic (exact) mass is 412 g/mol. The van der Waals surface area contributed by atoms with Crippen LogP contribution in [0.1, 0.15) is 36.0 Å². The van der Waals surface area contributed by atoms with Crippen molar-refractivity contribution in [3.05, 3.63) is 16.7 Å². The SMILES string of the molecule is COC(=O)CC1CN(c2nc(N3CC[C@H]3C(F)F)c(C#N)c3c2CCC3(F)F)C1. The first-order chi connectivity index (χ1) is 13.8. The molecular formula is C19H20F4N4O2. The van der Waals surface area contributed by atoms with Crippen molar-refractivity contribution in [2.45, 2.75) is 44.1 Å². The van der Waals surface area contributed by atoms with E-state index in [2.05, 4.69) is 9.72 Å². The van der Waals surface area contributed by atoms with Crippen molar-refractivity contribution in [1.82, 2.24) is 4.98 Å². The fourth-order valence-corrected chi connectivity index (χ4v) is 4.34. The summed E-state index contributed by atoms with van der Waals surface area (Å²) in [6, 6.07) is 0.670. The second-order valence-electron chi connectivity index (χ2n) is 7.74. The number of nitrogens with zero attached hydrogens (tertiary/aromatic N) is 4. The van der Waals surface area contributed by atoms with E-state index in [4.69, 9.17) is 0 Å². The molecule has 1 aromatic rings. The number of methoxy groups -OCH3 is 1. The zero-order valence-electron chi connectivity index (χ0n) is 15.8. The van der Waals surface area contributed by atoms with Crippen molar-refractivity contribution in [3.8, 4) is 6.07 Å². The van der Waals surface area contributed by atoms with Crippen LogP contribution in [-0.4, -0.2) is 50.2 Å². The summed E-state index contributed by atoms with van der Waals surface area (Å²) >= 11 is 0. The van der Waals surface area contributed by atoms with Gasteiger partial charge in [0.25, 0.3) is 12.3 Å². The minimum absolute atomic E-state index is 0.0127. The van der Waals surface area contributed by atoms with Crippen LogP contribution in [0.5, 0.6) is 0 Å². The van der Waals surface area contributed by atoms with Gasteiger partial charge < -0.3 is 14.5 Å². The van der Waals surface area contributed by atoms with Crippen molar-refractivity contribution < 1.29 is 27.1 Å². The van der Waals surface area contributed by atoms with E-state index in [0.717, 1.165) is 0 Å². The van der Waals surface area contributed by atoms with Gasteiger partial charge >= 0.3 is 5.97 Å². The Morgan fingerprint density at radius 3 is 2.66 bits per heavy atom. The van der Waals surface area contributed by atoms with Gasteiger partial charge in [-0.25, -0.2) is 22.5 Å². The summed E-state index contributed by atoms with van der Waals surface area (Å²) in [6.45, 7) is 1.11. The van der Waals surface area contributed by atoms with Crippen LogP contribution in [0.4, 0.5) is 29.2 Å². The molecule has 0 amide bonds. The van der Waals surface area contributed by atoms with Gasteiger partial charge in [0.05, 0.1) is 19.6 Å². The number of aromatic nitrogens is 1. The number of nitriles is 1. The minimum Gasteiger partial charge on any atom is -0.469 e. The van der Waals surface area contributed by atoms with Crippen LogP contribution in [0.2, 0.25) is 0 Å². The maximum Gasteiger partial charge on any atom is 0.305 e. The number of carbonyl (C=O) groups excluding carboxylic acids is 1. The molecule has 3 heterocycles. The molecule has 29 heavy (non-hydrogen) atoms. The van der Waals surface area contributed by atoms with Crippen LogP contribution in [0.25, 0.3) is 0 Å². The number of rotatable bonds is 5. The zero-order valence-corrected chi connectivity index (χ0v) is 15.8. The standard InChI is InChI=1S/C19H20F4N4O2/c1-29-14(28)6-10-8-26(9-10)17-11-2-4-19(22,23)15(11)12(7-24)18(25-17)27-5-3-13(27)16(20)21/h10,13,16H,2-6,8-9H2,1H3/t13-/m0/s1. The normalized spacial score (nSPS) is 22.7. The van der Waals surface area contributed by atoms with E-state index in [1.54, 1.807) is 11.0 Å². The predicted molar refractivity (Wildman–Crippen MR) is 95.3 cm³/mol.